The van der Waals surface area contributed by atoms with Gasteiger partial charge < -0.3 is 10.5 Å². The van der Waals surface area contributed by atoms with Crippen LogP contribution in [0.1, 0.15) is 19.5 Å². The average Bonchev–Trinajstić information content (AvgIpc) is 2.37. The zero-order valence-corrected chi connectivity index (χ0v) is 11.4. The highest BCUT2D eigenvalue weighted by Gasteiger charge is 2.15. The normalized spacial score (nSPS) is 13.5. The van der Waals surface area contributed by atoms with Crippen molar-refractivity contribution in [2.45, 2.75) is 31.4 Å². The second-order valence-corrected chi connectivity index (χ2v) is 5.57. The van der Waals surface area contributed by atoms with Gasteiger partial charge in [-0.3, -0.25) is 4.98 Å². The van der Waals surface area contributed by atoms with Crippen LogP contribution in [0.2, 0.25) is 0 Å². The van der Waals surface area contributed by atoms with Crippen LogP contribution in [0.3, 0.4) is 0 Å². The Morgan fingerprint density at radius 3 is 2.72 bits per heavy atom. The van der Waals surface area contributed by atoms with Gasteiger partial charge in [-0.25, -0.2) is 13.1 Å². The predicted molar refractivity (Wildman–Crippen MR) is 68.4 cm³/mol. The topological polar surface area (TPSA) is 94.3 Å². The molecule has 3 N–H and O–H groups in total. The van der Waals surface area contributed by atoms with E-state index in [1.54, 1.807) is 6.07 Å². The highest BCUT2D eigenvalue weighted by atomic mass is 32.2. The minimum absolute atomic E-state index is 0.128. The van der Waals surface area contributed by atoms with E-state index in [1.165, 1.54) is 12.3 Å². The van der Waals surface area contributed by atoms with E-state index in [9.17, 15) is 8.42 Å². The number of sulfonamides is 1. The van der Waals surface area contributed by atoms with Crippen molar-refractivity contribution in [1.29, 1.82) is 0 Å². The summed E-state index contributed by atoms with van der Waals surface area (Å²) >= 11 is 0. The maximum absolute atomic E-state index is 11.9. The van der Waals surface area contributed by atoms with E-state index in [0.29, 0.717) is 12.3 Å². The van der Waals surface area contributed by atoms with Crippen molar-refractivity contribution in [2.75, 3.05) is 13.2 Å². The molecule has 1 aromatic rings. The molecule has 0 saturated heterocycles. The minimum atomic E-state index is -3.53. The molecule has 0 radical (unpaired) electrons. The number of pyridine rings is 1. The van der Waals surface area contributed by atoms with E-state index < -0.39 is 10.0 Å². The molecule has 1 atom stereocenters. The Hall–Kier alpha value is -1.02. The zero-order chi connectivity index (χ0) is 13.6. The summed E-state index contributed by atoms with van der Waals surface area (Å²) < 4.78 is 31.5. The highest BCUT2D eigenvalue weighted by molar-refractivity contribution is 7.89. The van der Waals surface area contributed by atoms with Crippen molar-refractivity contribution in [1.82, 2.24) is 9.71 Å². The number of hydrogen-bond donors (Lipinski definition) is 2. The van der Waals surface area contributed by atoms with Gasteiger partial charge in [0, 0.05) is 25.9 Å². The van der Waals surface area contributed by atoms with Crippen LogP contribution in [0.4, 0.5) is 0 Å². The smallest absolute Gasteiger partial charge is 0.242 e. The van der Waals surface area contributed by atoms with Gasteiger partial charge in [-0.1, -0.05) is 0 Å². The minimum Gasteiger partial charge on any atom is -0.377 e. The lowest BCUT2D eigenvalue weighted by molar-refractivity contribution is 0.0799. The van der Waals surface area contributed by atoms with Crippen molar-refractivity contribution in [3.8, 4) is 0 Å². The van der Waals surface area contributed by atoms with Gasteiger partial charge in [0.1, 0.15) is 4.90 Å². The van der Waals surface area contributed by atoms with E-state index in [2.05, 4.69) is 9.71 Å². The Morgan fingerprint density at radius 1 is 1.50 bits per heavy atom. The molecule has 18 heavy (non-hydrogen) atoms. The van der Waals surface area contributed by atoms with Crippen LogP contribution in [-0.2, 0) is 21.3 Å². The first kappa shape index (κ1) is 15.0. The highest BCUT2D eigenvalue weighted by Crippen LogP contribution is 2.07. The molecule has 0 aliphatic carbocycles. The molecule has 1 heterocycles. The summed E-state index contributed by atoms with van der Waals surface area (Å²) in [4.78, 5) is 4.08. The van der Waals surface area contributed by atoms with Crippen LogP contribution >= 0.6 is 0 Å². The second-order valence-electron chi connectivity index (χ2n) is 3.81. The maximum atomic E-state index is 11.9. The molecule has 0 fully saturated rings. The molecular weight excluding hydrogens is 254 g/mol. The van der Waals surface area contributed by atoms with Crippen LogP contribution in [0.15, 0.2) is 23.2 Å². The number of nitrogens with two attached hydrogens (primary N) is 1. The summed E-state index contributed by atoms with van der Waals surface area (Å²) in [6.07, 6.45) is 1.14. The van der Waals surface area contributed by atoms with Crippen molar-refractivity contribution in [3.63, 3.8) is 0 Å². The molecule has 0 aliphatic heterocycles. The average molecular weight is 273 g/mol. The van der Waals surface area contributed by atoms with Gasteiger partial charge in [0.2, 0.25) is 10.0 Å². The van der Waals surface area contributed by atoms with Crippen LogP contribution in [0.5, 0.6) is 0 Å². The van der Waals surface area contributed by atoms with E-state index in [-0.39, 0.29) is 24.1 Å². The lowest BCUT2D eigenvalue weighted by atomic mass is 10.4. The van der Waals surface area contributed by atoms with Crippen molar-refractivity contribution < 1.29 is 13.2 Å². The Morgan fingerprint density at radius 2 is 2.22 bits per heavy atom. The lowest BCUT2D eigenvalue weighted by Gasteiger charge is -2.12. The van der Waals surface area contributed by atoms with Gasteiger partial charge in [0.05, 0.1) is 11.8 Å². The molecule has 0 bridgehead atoms. The second kappa shape index (κ2) is 6.79. The molecule has 0 spiro atoms. The molecule has 1 unspecified atom stereocenters. The van der Waals surface area contributed by atoms with Gasteiger partial charge in [-0.05, 0) is 26.0 Å². The molecule has 1 rings (SSSR count). The zero-order valence-electron chi connectivity index (χ0n) is 10.6. The van der Waals surface area contributed by atoms with Crippen LogP contribution in [-0.4, -0.2) is 32.7 Å². The monoisotopic (exact) mass is 273 g/mol. The fourth-order valence-corrected chi connectivity index (χ4v) is 2.40. The van der Waals surface area contributed by atoms with Crippen LogP contribution in [0, 0.1) is 0 Å². The first-order chi connectivity index (χ1) is 8.49. The third-order valence-electron chi connectivity index (χ3n) is 2.33. The molecule has 102 valence electrons. The molecule has 1 aromatic heterocycles. The first-order valence-corrected chi connectivity index (χ1v) is 7.24. The molecule has 0 amide bonds. The number of aromatic nitrogens is 1. The number of nitrogens with zero attached hydrogens (tertiary/aromatic N) is 1. The fraction of sp³-hybridized carbons (Fsp3) is 0.545. The molecule has 7 heteroatoms. The van der Waals surface area contributed by atoms with E-state index in [4.69, 9.17) is 10.5 Å². The molecule has 6 nitrogen and oxygen atoms in total. The van der Waals surface area contributed by atoms with Crippen LogP contribution < -0.4 is 10.5 Å². The molecule has 0 aliphatic rings. The number of hydrogen-bond acceptors (Lipinski definition) is 5. The van der Waals surface area contributed by atoms with E-state index >= 15 is 0 Å². The predicted octanol–water partition coefficient (Wildman–Crippen LogP) is 0.244. The Kier molecular flexibility index (Phi) is 5.67. The third kappa shape index (κ3) is 4.34. The summed E-state index contributed by atoms with van der Waals surface area (Å²) in [7, 11) is -3.53. The van der Waals surface area contributed by atoms with Gasteiger partial charge >= 0.3 is 0 Å². The molecule has 0 saturated carbocycles. The standard InChI is InChI=1S/C11H19N3O3S/c1-3-17-9(2)7-14-18(15,16)11-5-4-10(6-12)13-8-11/h4-5,8-9,14H,3,6-7,12H2,1-2H3. The van der Waals surface area contributed by atoms with E-state index in [1.807, 2.05) is 13.8 Å². The SMILES string of the molecule is CCOC(C)CNS(=O)(=O)c1ccc(CN)nc1. The van der Waals surface area contributed by atoms with E-state index in [0.717, 1.165) is 0 Å². The first-order valence-electron chi connectivity index (χ1n) is 5.76. The Balaban J connectivity index is 2.67. The Labute approximate surface area is 108 Å². The fourth-order valence-electron chi connectivity index (χ4n) is 1.34. The Bertz CT molecular complexity index is 459. The number of rotatable bonds is 7. The lowest BCUT2D eigenvalue weighted by Crippen LogP contribution is -2.32. The number of ether oxygens (including phenoxy) is 1. The van der Waals surface area contributed by atoms with Crippen molar-refractivity contribution in [3.05, 3.63) is 24.0 Å². The summed E-state index contributed by atoms with van der Waals surface area (Å²) in [6, 6.07) is 3.09. The van der Waals surface area contributed by atoms with Gasteiger partial charge in [0.15, 0.2) is 0 Å². The van der Waals surface area contributed by atoms with Gasteiger partial charge in [0.25, 0.3) is 0 Å². The van der Waals surface area contributed by atoms with Gasteiger partial charge in [-0.2, -0.15) is 0 Å². The number of nitrogens with one attached hydrogen (secondary N) is 1. The largest absolute Gasteiger partial charge is 0.377 e. The summed E-state index contributed by atoms with van der Waals surface area (Å²) in [5.41, 5.74) is 6.05. The quantitative estimate of drug-likeness (QED) is 0.742. The third-order valence-corrected chi connectivity index (χ3v) is 3.74. The summed E-state index contributed by atoms with van der Waals surface area (Å²) in [5, 5.41) is 0. The van der Waals surface area contributed by atoms with Crippen LogP contribution in [0.25, 0.3) is 0 Å². The van der Waals surface area contributed by atoms with Crippen molar-refractivity contribution >= 4 is 10.0 Å². The van der Waals surface area contributed by atoms with Crippen molar-refractivity contribution in [2.24, 2.45) is 5.73 Å². The van der Waals surface area contributed by atoms with Gasteiger partial charge in [-0.15, -0.1) is 0 Å². The molecule has 0 aromatic carbocycles. The maximum Gasteiger partial charge on any atom is 0.242 e. The summed E-state index contributed by atoms with van der Waals surface area (Å²) in [6.45, 7) is 4.74. The molecular formula is C11H19N3O3S. The summed E-state index contributed by atoms with van der Waals surface area (Å²) in [5.74, 6) is 0.